The zero-order valence-electron chi connectivity index (χ0n) is 12.9. The zero-order chi connectivity index (χ0) is 15.0. The van der Waals surface area contributed by atoms with Gasteiger partial charge in [0.15, 0.2) is 0 Å². The Morgan fingerprint density at radius 2 is 2.24 bits per heavy atom. The highest BCUT2D eigenvalue weighted by Crippen LogP contribution is 2.35. The van der Waals surface area contributed by atoms with Crippen molar-refractivity contribution in [3.05, 3.63) is 34.6 Å². The summed E-state index contributed by atoms with van der Waals surface area (Å²) in [6.07, 6.45) is 1.19. The Hall–Kier alpha value is -2.17. The van der Waals surface area contributed by atoms with E-state index in [9.17, 15) is 0 Å². The molecule has 0 radical (unpaired) electrons. The van der Waals surface area contributed by atoms with Crippen molar-refractivity contribution < 1.29 is 9.47 Å². The largest absolute Gasteiger partial charge is 0.496 e. The number of hydrogen-bond donors (Lipinski definition) is 2. The monoisotopic (exact) mass is 287 g/mol. The third kappa shape index (κ3) is 2.55. The number of rotatable bonds is 4. The third-order valence-corrected chi connectivity index (χ3v) is 3.88. The number of fused-ring (bicyclic) bond motifs is 1. The third-order valence-electron chi connectivity index (χ3n) is 3.88. The van der Waals surface area contributed by atoms with Gasteiger partial charge in [-0.2, -0.15) is 5.10 Å². The van der Waals surface area contributed by atoms with Crippen LogP contribution in [0.5, 0.6) is 11.5 Å². The zero-order valence-corrected chi connectivity index (χ0v) is 12.9. The van der Waals surface area contributed by atoms with E-state index in [2.05, 4.69) is 34.6 Å². The number of anilines is 1. The van der Waals surface area contributed by atoms with Gasteiger partial charge in [-0.25, -0.2) is 0 Å². The summed E-state index contributed by atoms with van der Waals surface area (Å²) >= 11 is 0. The van der Waals surface area contributed by atoms with Gasteiger partial charge in [0.05, 0.1) is 24.2 Å². The molecule has 2 aromatic rings. The Balaban J connectivity index is 1.84. The fourth-order valence-corrected chi connectivity index (χ4v) is 2.80. The number of hydrogen-bond acceptors (Lipinski definition) is 4. The van der Waals surface area contributed by atoms with Gasteiger partial charge in [-0.1, -0.05) is 0 Å². The SMILES string of the molecule is COc1cc2c(cc1CNc1c(C)n[nH]c1C)OC(C)C2. The fourth-order valence-electron chi connectivity index (χ4n) is 2.80. The quantitative estimate of drug-likeness (QED) is 0.907. The number of benzene rings is 1. The fraction of sp³-hybridized carbons (Fsp3) is 0.438. The Kier molecular flexibility index (Phi) is 3.49. The van der Waals surface area contributed by atoms with Gasteiger partial charge in [-0.05, 0) is 32.9 Å². The van der Waals surface area contributed by atoms with Crippen LogP contribution in [0, 0.1) is 13.8 Å². The number of H-pyrrole nitrogens is 1. The lowest BCUT2D eigenvalue weighted by atomic mass is 10.1. The van der Waals surface area contributed by atoms with Crippen molar-refractivity contribution in [1.82, 2.24) is 10.2 Å². The van der Waals surface area contributed by atoms with Crippen molar-refractivity contribution in [2.24, 2.45) is 0 Å². The van der Waals surface area contributed by atoms with Crippen molar-refractivity contribution in [2.45, 2.75) is 39.8 Å². The molecule has 1 atom stereocenters. The maximum atomic E-state index is 5.83. The molecule has 1 aromatic carbocycles. The van der Waals surface area contributed by atoms with Gasteiger partial charge in [-0.3, -0.25) is 5.10 Å². The number of ether oxygens (including phenoxy) is 2. The van der Waals surface area contributed by atoms with E-state index < -0.39 is 0 Å². The molecule has 1 aliphatic rings. The summed E-state index contributed by atoms with van der Waals surface area (Å²) in [5, 5.41) is 10.6. The molecule has 1 unspecified atom stereocenters. The van der Waals surface area contributed by atoms with Crippen molar-refractivity contribution >= 4 is 5.69 Å². The molecule has 0 saturated carbocycles. The topological polar surface area (TPSA) is 59.2 Å². The van der Waals surface area contributed by atoms with Crippen LogP contribution >= 0.6 is 0 Å². The van der Waals surface area contributed by atoms with Crippen LogP contribution in [0.4, 0.5) is 5.69 Å². The smallest absolute Gasteiger partial charge is 0.124 e. The number of aromatic amines is 1. The van der Waals surface area contributed by atoms with Crippen LogP contribution in [0.15, 0.2) is 12.1 Å². The first-order valence-corrected chi connectivity index (χ1v) is 7.20. The Morgan fingerprint density at radius 1 is 1.43 bits per heavy atom. The van der Waals surface area contributed by atoms with Crippen molar-refractivity contribution in [3.8, 4) is 11.5 Å². The molecular weight excluding hydrogens is 266 g/mol. The molecular formula is C16H21N3O2. The lowest BCUT2D eigenvalue weighted by Crippen LogP contribution is -2.05. The molecule has 0 spiro atoms. The molecule has 21 heavy (non-hydrogen) atoms. The van der Waals surface area contributed by atoms with Gasteiger partial charge in [0, 0.05) is 24.1 Å². The lowest BCUT2D eigenvalue weighted by Gasteiger charge is -2.13. The van der Waals surface area contributed by atoms with E-state index in [0.29, 0.717) is 6.54 Å². The van der Waals surface area contributed by atoms with Gasteiger partial charge in [0.2, 0.25) is 0 Å². The average molecular weight is 287 g/mol. The Bertz CT molecular complexity index is 644. The number of nitrogens with one attached hydrogen (secondary N) is 2. The van der Waals surface area contributed by atoms with Gasteiger partial charge in [0.1, 0.15) is 17.6 Å². The molecule has 5 nitrogen and oxygen atoms in total. The van der Waals surface area contributed by atoms with Crippen LogP contribution in [-0.4, -0.2) is 23.4 Å². The van der Waals surface area contributed by atoms with Crippen molar-refractivity contribution in [2.75, 3.05) is 12.4 Å². The summed E-state index contributed by atoms with van der Waals surface area (Å²) in [6.45, 7) is 6.75. The maximum absolute atomic E-state index is 5.83. The highest BCUT2D eigenvalue weighted by molar-refractivity contribution is 5.54. The summed E-state index contributed by atoms with van der Waals surface area (Å²) in [5.74, 6) is 1.87. The number of nitrogens with zero attached hydrogens (tertiary/aromatic N) is 1. The van der Waals surface area contributed by atoms with Crippen LogP contribution in [0.2, 0.25) is 0 Å². The van der Waals surface area contributed by atoms with Gasteiger partial charge >= 0.3 is 0 Å². The predicted octanol–water partition coefficient (Wildman–Crippen LogP) is 2.97. The lowest BCUT2D eigenvalue weighted by molar-refractivity contribution is 0.254. The van der Waals surface area contributed by atoms with Crippen LogP contribution in [-0.2, 0) is 13.0 Å². The first-order valence-electron chi connectivity index (χ1n) is 7.20. The number of aromatic nitrogens is 2. The summed E-state index contributed by atoms with van der Waals surface area (Å²) in [4.78, 5) is 0. The molecule has 2 heterocycles. The molecule has 1 aliphatic heterocycles. The van der Waals surface area contributed by atoms with Crippen LogP contribution in [0.3, 0.4) is 0 Å². The normalized spacial score (nSPS) is 16.5. The Morgan fingerprint density at radius 3 is 2.90 bits per heavy atom. The molecule has 3 rings (SSSR count). The summed E-state index contributed by atoms with van der Waals surface area (Å²) in [7, 11) is 1.71. The molecule has 1 aromatic heterocycles. The van der Waals surface area contributed by atoms with Gasteiger partial charge in [0.25, 0.3) is 0 Å². The summed E-state index contributed by atoms with van der Waals surface area (Å²) < 4.78 is 11.3. The summed E-state index contributed by atoms with van der Waals surface area (Å²) in [6, 6.07) is 4.17. The molecule has 5 heteroatoms. The molecule has 2 N–H and O–H groups in total. The minimum atomic E-state index is 0.242. The molecule has 112 valence electrons. The predicted molar refractivity (Wildman–Crippen MR) is 82.2 cm³/mol. The van der Waals surface area contributed by atoms with E-state index in [-0.39, 0.29) is 6.10 Å². The van der Waals surface area contributed by atoms with Crippen LogP contribution < -0.4 is 14.8 Å². The molecule has 0 amide bonds. The van der Waals surface area contributed by atoms with Crippen LogP contribution in [0.1, 0.15) is 29.4 Å². The van der Waals surface area contributed by atoms with E-state index in [0.717, 1.165) is 40.6 Å². The van der Waals surface area contributed by atoms with E-state index in [1.54, 1.807) is 7.11 Å². The second kappa shape index (κ2) is 5.31. The van der Waals surface area contributed by atoms with Gasteiger partial charge in [-0.15, -0.1) is 0 Å². The highest BCUT2D eigenvalue weighted by Gasteiger charge is 2.21. The van der Waals surface area contributed by atoms with E-state index >= 15 is 0 Å². The minimum absolute atomic E-state index is 0.242. The van der Waals surface area contributed by atoms with E-state index in [1.165, 1.54) is 5.56 Å². The maximum Gasteiger partial charge on any atom is 0.124 e. The van der Waals surface area contributed by atoms with Crippen molar-refractivity contribution in [3.63, 3.8) is 0 Å². The average Bonchev–Trinajstić information content (AvgIpc) is 2.97. The number of aryl methyl sites for hydroxylation is 2. The first-order chi connectivity index (χ1) is 10.1. The van der Waals surface area contributed by atoms with E-state index in [4.69, 9.17) is 9.47 Å². The first kappa shape index (κ1) is 13.8. The van der Waals surface area contributed by atoms with Crippen molar-refractivity contribution in [1.29, 1.82) is 0 Å². The van der Waals surface area contributed by atoms with Gasteiger partial charge < -0.3 is 14.8 Å². The molecule has 0 saturated heterocycles. The molecule has 0 aliphatic carbocycles. The summed E-state index contributed by atoms with van der Waals surface area (Å²) in [5.41, 5.74) is 5.37. The Labute approximate surface area is 124 Å². The standard InChI is InChI=1S/C16H21N3O2/c1-9-5-12-6-14(20-4)13(7-15(12)21-9)8-17-16-10(2)18-19-11(16)3/h6-7,9,17H,5,8H2,1-4H3,(H,18,19). The molecule has 0 fully saturated rings. The number of methoxy groups -OCH3 is 1. The molecule has 0 bridgehead atoms. The minimum Gasteiger partial charge on any atom is -0.496 e. The second-order valence-corrected chi connectivity index (χ2v) is 5.57. The second-order valence-electron chi connectivity index (χ2n) is 5.57. The van der Waals surface area contributed by atoms with E-state index in [1.807, 2.05) is 13.8 Å². The van der Waals surface area contributed by atoms with Crippen LogP contribution in [0.25, 0.3) is 0 Å². The highest BCUT2D eigenvalue weighted by atomic mass is 16.5.